The first-order valence-corrected chi connectivity index (χ1v) is 5.53. The Morgan fingerprint density at radius 3 is 3.11 bits per heavy atom. The summed E-state index contributed by atoms with van der Waals surface area (Å²) in [6.45, 7) is 0.332. The SMILES string of the molecule is COC(=O)c1cc(N)cn1Cc1cccnc1C#N. The zero-order valence-electron chi connectivity index (χ0n) is 10.3. The van der Waals surface area contributed by atoms with Crippen molar-refractivity contribution in [2.24, 2.45) is 0 Å². The molecule has 0 saturated heterocycles. The highest BCUT2D eigenvalue weighted by Crippen LogP contribution is 2.15. The third-order valence-corrected chi connectivity index (χ3v) is 2.65. The van der Waals surface area contributed by atoms with Crippen LogP contribution in [0.15, 0.2) is 30.6 Å². The van der Waals surface area contributed by atoms with Crippen LogP contribution in [0, 0.1) is 11.3 Å². The molecule has 19 heavy (non-hydrogen) atoms. The number of anilines is 1. The average molecular weight is 256 g/mol. The summed E-state index contributed by atoms with van der Waals surface area (Å²) in [6, 6.07) is 7.07. The molecule has 96 valence electrons. The van der Waals surface area contributed by atoms with E-state index >= 15 is 0 Å². The zero-order valence-corrected chi connectivity index (χ0v) is 10.3. The molecule has 0 spiro atoms. The number of methoxy groups -OCH3 is 1. The Morgan fingerprint density at radius 2 is 2.42 bits per heavy atom. The van der Waals surface area contributed by atoms with Gasteiger partial charge in [-0.2, -0.15) is 5.26 Å². The van der Waals surface area contributed by atoms with Crippen LogP contribution in [0.25, 0.3) is 0 Å². The van der Waals surface area contributed by atoms with Gasteiger partial charge in [-0.25, -0.2) is 9.78 Å². The van der Waals surface area contributed by atoms with E-state index in [1.165, 1.54) is 13.2 Å². The van der Waals surface area contributed by atoms with Gasteiger partial charge in [0.2, 0.25) is 0 Å². The number of hydrogen-bond donors (Lipinski definition) is 1. The Morgan fingerprint density at radius 1 is 1.63 bits per heavy atom. The lowest BCUT2D eigenvalue weighted by molar-refractivity contribution is 0.0589. The number of nitrogen functional groups attached to an aromatic ring is 1. The van der Waals surface area contributed by atoms with Gasteiger partial charge in [-0.15, -0.1) is 0 Å². The molecule has 2 aromatic rings. The normalized spacial score (nSPS) is 9.89. The number of ether oxygens (including phenoxy) is 1. The fourth-order valence-electron chi connectivity index (χ4n) is 1.79. The molecule has 0 saturated carbocycles. The van der Waals surface area contributed by atoms with Crippen molar-refractivity contribution in [1.82, 2.24) is 9.55 Å². The molecule has 2 N–H and O–H groups in total. The molecule has 0 bridgehead atoms. The second-order valence-corrected chi connectivity index (χ2v) is 3.90. The third kappa shape index (κ3) is 2.55. The van der Waals surface area contributed by atoms with Gasteiger partial charge in [-0.05, 0) is 12.1 Å². The summed E-state index contributed by atoms with van der Waals surface area (Å²) < 4.78 is 6.33. The highest BCUT2D eigenvalue weighted by molar-refractivity contribution is 5.89. The second-order valence-electron chi connectivity index (χ2n) is 3.90. The summed E-state index contributed by atoms with van der Waals surface area (Å²) in [5, 5.41) is 8.99. The lowest BCUT2D eigenvalue weighted by Crippen LogP contribution is -2.11. The maximum Gasteiger partial charge on any atom is 0.354 e. The van der Waals surface area contributed by atoms with Crippen LogP contribution in [0.3, 0.4) is 0 Å². The Balaban J connectivity index is 2.39. The monoisotopic (exact) mass is 256 g/mol. The van der Waals surface area contributed by atoms with E-state index < -0.39 is 5.97 Å². The Kier molecular flexibility index (Phi) is 3.48. The highest BCUT2D eigenvalue weighted by atomic mass is 16.5. The van der Waals surface area contributed by atoms with Crippen LogP contribution in [0.2, 0.25) is 0 Å². The minimum atomic E-state index is -0.473. The molecular weight excluding hydrogens is 244 g/mol. The summed E-state index contributed by atoms with van der Waals surface area (Å²) in [4.78, 5) is 15.6. The number of aromatic nitrogens is 2. The van der Waals surface area contributed by atoms with Gasteiger partial charge in [-0.1, -0.05) is 6.07 Å². The first kappa shape index (κ1) is 12.6. The molecule has 0 aliphatic heterocycles. The van der Waals surface area contributed by atoms with E-state index in [4.69, 9.17) is 11.0 Å². The molecule has 0 unspecified atom stereocenters. The van der Waals surface area contributed by atoms with Gasteiger partial charge in [0.15, 0.2) is 0 Å². The van der Waals surface area contributed by atoms with Crippen molar-refractivity contribution in [2.45, 2.75) is 6.54 Å². The van der Waals surface area contributed by atoms with Crippen molar-refractivity contribution in [3.05, 3.63) is 47.5 Å². The largest absolute Gasteiger partial charge is 0.464 e. The fourth-order valence-corrected chi connectivity index (χ4v) is 1.79. The molecule has 2 rings (SSSR count). The molecule has 0 fully saturated rings. The van der Waals surface area contributed by atoms with E-state index in [0.717, 1.165) is 0 Å². The predicted molar refractivity (Wildman–Crippen MR) is 68.2 cm³/mol. The van der Waals surface area contributed by atoms with Gasteiger partial charge in [0.05, 0.1) is 19.3 Å². The molecule has 0 aromatic carbocycles. The van der Waals surface area contributed by atoms with Gasteiger partial charge >= 0.3 is 5.97 Å². The maximum absolute atomic E-state index is 11.6. The van der Waals surface area contributed by atoms with Gasteiger partial charge in [0.1, 0.15) is 17.5 Å². The van der Waals surface area contributed by atoms with Crippen molar-refractivity contribution in [1.29, 1.82) is 5.26 Å². The molecule has 2 aromatic heterocycles. The fraction of sp³-hybridized carbons (Fsp3) is 0.154. The molecule has 0 aliphatic rings. The minimum Gasteiger partial charge on any atom is -0.464 e. The van der Waals surface area contributed by atoms with Crippen LogP contribution in [-0.4, -0.2) is 22.6 Å². The van der Waals surface area contributed by atoms with Crippen molar-refractivity contribution in [3.8, 4) is 6.07 Å². The number of esters is 1. The summed E-state index contributed by atoms with van der Waals surface area (Å²) in [5.41, 5.74) is 7.53. The van der Waals surface area contributed by atoms with E-state index in [1.807, 2.05) is 6.07 Å². The van der Waals surface area contributed by atoms with Crippen LogP contribution in [0.4, 0.5) is 5.69 Å². The summed E-state index contributed by atoms with van der Waals surface area (Å²) in [7, 11) is 1.31. The van der Waals surface area contributed by atoms with Crippen LogP contribution < -0.4 is 5.73 Å². The second kappa shape index (κ2) is 5.23. The number of pyridine rings is 1. The van der Waals surface area contributed by atoms with Crippen LogP contribution in [0.5, 0.6) is 0 Å². The highest BCUT2D eigenvalue weighted by Gasteiger charge is 2.14. The van der Waals surface area contributed by atoms with Crippen LogP contribution >= 0.6 is 0 Å². The molecule has 0 amide bonds. The van der Waals surface area contributed by atoms with Crippen molar-refractivity contribution >= 4 is 11.7 Å². The van der Waals surface area contributed by atoms with Crippen LogP contribution in [0.1, 0.15) is 21.7 Å². The minimum absolute atomic E-state index is 0.325. The molecular formula is C13H12N4O2. The Labute approximate surface area is 110 Å². The number of rotatable bonds is 3. The smallest absolute Gasteiger partial charge is 0.354 e. The van der Waals surface area contributed by atoms with Crippen molar-refractivity contribution in [2.75, 3.05) is 12.8 Å². The molecule has 6 heteroatoms. The third-order valence-electron chi connectivity index (χ3n) is 2.65. The van der Waals surface area contributed by atoms with Crippen molar-refractivity contribution < 1.29 is 9.53 Å². The van der Waals surface area contributed by atoms with Crippen molar-refractivity contribution in [3.63, 3.8) is 0 Å². The van der Waals surface area contributed by atoms with E-state index in [0.29, 0.717) is 29.2 Å². The molecule has 0 radical (unpaired) electrons. The van der Waals surface area contributed by atoms with E-state index in [9.17, 15) is 4.79 Å². The van der Waals surface area contributed by atoms with E-state index in [-0.39, 0.29) is 0 Å². The molecule has 0 atom stereocenters. The number of carbonyl (C=O) groups excluding carboxylic acids is 1. The molecule has 0 aliphatic carbocycles. The van der Waals surface area contributed by atoms with Gasteiger partial charge < -0.3 is 15.0 Å². The summed E-state index contributed by atoms with van der Waals surface area (Å²) >= 11 is 0. The van der Waals surface area contributed by atoms with E-state index in [2.05, 4.69) is 9.72 Å². The summed E-state index contributed by atoms with van der Waals surface area (Å²) in [6.07, 6.45) is 3.17. The molecule has 2 heterocycles. The summed E-state index contributed by atoms with van der Waals surface area (Å²) in [5.74, 6) is -0.473. The number of nitrogens with zero attached hydrogens (tertiary/aromatic N) is 3. The Hall–Kier alpha value is -2.81. The van der Waals surface area contributed by atoms with Gasteiger partial charge in [-0.3, -0.25) is 0 Å². The lowest BCUT2D eigenvalue weighted by atomic mass is 10.2. The van der Waals surface area contributed by atoms with Gasteiger partial charge in [0.25, 0.3) is 0 Å². The topological polar surface area (TPSA) is 93.9 Å². The Bertz CT molecular complexity index is 655. The zero-order chi connectivity index (χ0) is 13.8. The predicted octanol–water partition coefficient (Wildman–Crippen LogP) is 1.17. The van der Waals surface area contributed by atoms with Gasteiger partial charge in [0, 0.05) is 18.0 Å². The standard InChI is InChI=1S/C13H12N4O2/c1-19-13(18)12-5-10(15)8-17(12)7-9-3-2-4-16-11(9)6-14/h2-5,8H,7,15H2,1H3. The number of carbonyl (C=O) groups is 1. The average Bonchev–Trinajstić information content (AvgIpc) is 2.79. The quantitative estimate of drug-likeness (QED) is 0.832. The van der Waals surface area contributed by atoms with E-state index in [1.54, 1.807) is 29.1 Å². The maximum atomic E-state index is 11.6. The lowest BCUT2D eigenvalue weighted by Gasteiger charge is -2.08. The number of hydrogen-bond acceptors (Lipinski definition) is 5. The number of nitrogens with two attached hydrogens (primary N) is 1. The van der Waals surface area contributed by atoms with Crippen LogP contribution in [-0.2, 0) is 11.3 Å². The first-order valence-electron chi connectivity index (χ1n) is 5.53. The number of nitriles is 1. The first-order chi connectivity index (χ1) is 9.15. The molecule has 6 nitrogen and oxygen atoms in total.